The average molecular weight is 342 g/mol. The van der Waals surface area contributed by atoms with E-state index in [0.29, 0.717) is 0 Å². The van der Waals surface area contributed by atoms with Crippen LogP contribution in [0, 0.1) is 0 Å². The van der Waals surface area contributed by atoms with Gasteiger partial charge in [-0.3, -0.25) is 0 Å². The van der Waals surface area contributed by atoms with E-state index < -0.39 is 0 Å². The van der Waals surface area contributed by atoms with Gasteiger partial charge in [-0.2, -0.15) is 0 Å². The van der Waals surface area contributed by atoms with Gasteiger partial charge in [0, 0.05) is 0 Å². The number of hydrogen-bond donors (Lipinski definition) is 2. The summed E-state index contributed by atoms with van der Waals surface area (Å²) in [5.41, 5.74) is 0. The van der Waals surface area contributed by atoms with Crippen molar-refractivity contribution in [3.8, 4) is 0 Å². The standard InChI is InChI=1S/C21H43NO2/c1-2-3-4-5-6-7-8-9-10-11-12-13-14-15-16-17-18-22-21(19-23)20-24/h19,21-22,24H,2-18,20H2,1H3/t21-/m0/s1. The molecule has 0 aromatic heterocycles. The van der Waals surface area contributed by atoms with Crippen LogP contribution in [0.25, 0.3) is 0 Å². The summed E-state index contributed by atoms with van der Waals surface area (Å²) in [5.74, 6) is 0. The van der Waals surface area contributed by atoms with Crippen LogP contribution in [-0.2, 0) is 4.79 Å². The fourth-order valence-corrected chi connectivity index (χ4v) is 3.12. The molecule has 0 aliphatic carbocycles. The highest BCUT2D eigenvalue weighted by Gasteiger charge is 2.02. The highest BCUT2D eigenvalue weighted by atomic mass is 16.3. The van der Waals surface area contributed by atoms with Gasteiger partial charge in [0.05, 0.1) is 12.6 Å². The zero-order valence-corrected chi connectivity index (χ0v) is 16.2. The number of unbranched alkanes of at least 4 members (excludes halogenated alkanes) is 15. The normalized spacial score (nSPS) is 12.4. The van der Waals surface area contributed by atoms with E-state index in [9.17, 15) is 4.79 Å². The second-order valence-corrected chi connectivity index (χ2v) is 7.18. The lowest BCUT2D eigenvalue weighted by Gasteiger charge is -2.08. The Balaban J connectivity index is 3.04. The van der Waals surface area contributed by atoms with Crippen molar-refractivity contribution in [2.75, 3.05) is 13.2 Å². The summed E-state index contributed by atoms with van der Waals surface area (Å²) in [5, 5.41) is 11.9. The highest BCUT2D eigenvalue weighted by Crippen LogP contribution is 2.13. The monoisotopic (exact) mass is 341 g/mol. The Morgan fingerprint density at radius 3 is 1.42 bits per heavy atom. The molecular weight excluding hydrogens is 298 g/mol. The van der Waals surface area contributed by atoms with Crippen LogP contribution in [0.5, 0.6) is 0 Å². The van der Waals surface area contributed by atoms with Gasteiger partial charge in [0.2, 0.25) is 0 Å². The molecule has 0 aliphatic rings. The molecule has 0 spiro atoms. The van der Waals surface area contributed by atoms with Crippen LogP contribution in [0.15, 0.2) is 0 Å². The summed E-state index contributed by atoms with van der Waals surface area (Å²) in [6.45, 7) is 3.02. The van der Waals surface area contributed by atoms with E-state index in [0.717, 1.165) is 19.3 Å². The number of rotatable bonds is 20. The second kappa shape index (κ2) is 20.6. The van der Waals surface area contributed by atoms with Crippen molar-refractivity contribution in [2.45, 2.75) is 116 Å². The van der Waals surface area contributed by atoms with Crippen LogP contribution in [0.1, 0.15) is 110 Å². The molecule has 0 saturated heterocycles. The number of aldehydes is 1. The van der Waals surface area contributed by atoms with E-state index in [2.05, 4.69) is 12.2 Å². The van der Waals surface area contributed by atoms with Crippen molar-refractivity contribution < 1.29 is 9.90 Å². The van der Waals surface area contributed by atoms with Crippen molar-refractivity contribution in [3.63, 3.8) is 0 Å². The van der Waals surface area contributed by atoms with Gasteiger partial charge < -0.3 is 15.2 Å². The fraction of sp³-hybridized carbons (Fsp3) is 0.952. The zero-order valence-electron chi connectivity index (χ0n) is 16.2. The van der Waals surface area contributed by atoms with Gasteiger partial charge >= 0.3 is 0 Å². The van der Waals surface area contributed by atoms with Gasteiger partial charge in [0.25, 0.3) is 0 Å². The maximum absolute atomic E-state index is 10.5. The summed E-state index contributed by atoms with van der Waals surface area (Å²) in [4.78, 5) is 10.5. The minimum absolute atomic E-state index is 0.0949. The minimum atomic E-state index is -0.374. The number of aliphatic hydroxyl groups is 1. The first-order valence-corrected chi connectivity index (χ1v) is 10.6. The molecule has 0 amide bonds. The number of hydrogen-bond acceptors (Lipinski definition) is 3. The van der Waals surface area contributed by atoms with Gasteiger partial charge in [-0.15, -0.1) is 0 Å². The molecule has 24 heavy (non-hydrogen) atoms. The molecular formula is C21H43NO2. The Labute approximate surface area is 151 Å². The average Bonchev–Trinajstić information content (AvgIpc) is 2.61. The largest absolute Gasteiger partial charge is 0.394 e. The van der Waals surface area contributed by atoms with Crippen LogP contribution in [-0.4, -0.2) is 30.6 Å². The van der Waals surface area contributed by atoms with Crippen molar-refractivity contribution >= 4 is 6.29 Å². The molecule has 3 heteroatoms. The number of aliphatic hydroxyl groups excluding tert-OH is 1. The minimum Gasteiger partial charge on any atom is -0.394 e. The molecule has 0 heterocycles. The SMILES string of the molecule is CCCCCCCCCCCCCCCCCCN[C@@H](C=O)CO. The van der Waals surface area contributed by atoms with E-state index >= 15 is 0 Å². The van der Waals surface area contributed by atoms with Gasteiger partial charge in [-0.05, 0) is 13.0 Å². The molecule has 0 fully saturated rings. The summed E-state index contributed by atoms with van der Waals surface area (Å²) >= 11 is 0. The predicted molar refractivity (Wildman–Crippen MR) is 104 cm³/mol. The van der Waals surface area contributed by atoms with Crippen molar-refractivity contribution in [2.24, 2.45) is 0 Å². The fourth-order valence-electron chi connectivity index (χ4n) is 3.12. The summed E-state index contributed by atoms with van der Waals surface area (Å²) < 4.78 is 0. The third-order valence-electron chi connectivity index (χ3n) is 4.80. The van der Waals surface area contributed by atoms with E-state index in [4.69, 9.17) is 5.11 Å². The van der Waals surface area contributed by atoms with Crippen molar-refractivity contribution in [3.05, 3.63) is 0 Å². The number of nitrogens with one attached hydrogen (secondary N) is 1. The molecule has 0 aromatic rings. The Morgan fingerprint density at radius 2 is 1.08 bits per heavy atom. The molecule has 0 bridgehead atoms. The first kappa shape index (κ1) is 23.6. The summed E-state index contributed by atoms with van der Waals surface area (Å²) in [6, 6.07) is -0.374. The topological polar surface area (TPSA) is 49.3 Å². The van der Waals surface area contributed by atoms with Crippen LogP contribution in [0.4, 0.5) is 0 Å². The Morgan fingerprint density at radius 1 is 0.708 bits per heavy atom. The van der Waals surface area contributed by atoms with Crippen molar-refractivity contribution in [1.82, 2.24) is 5.32 Å². The number of carbonyl (C=O) groups excluding carboxylic acids is 1. The van der Waals surface area contributed by atoms with E-state index in [-0.39, 0.29) is 12.6 Å². The second-order valence-electron chi connectivity index (χ2n) is 7.18. The Hall–Kier alpha value is -0.410. The Bertz CT molecular complexity index is 246. The third kappa shape index (κ3) is 17.9. The molecule has 0 unspecified atom stereocenters. The van der Waals surface area contributed by atoms with Gasteiger partial charge in [0.1, 0.15) is 6.29 Å². The summed E-state index contributed by atoms with van der Waals surface area (Å²) in [7, 11) is 0. The molecule has 0 saturated carbocycles. The van der Waals surface area contributed by atoms with E-state index in [1.54, 1.807) is 0 Å². The molecule has 2 N–H and O–H groups in total. The van der Waals surface area contributed by atoms with Crippen LogP contribution >= 0.6 is 0 Å². The quantitative estimate of drug-likeness (QED) is 0.230. The molecule has 144 valence electrons. The first-order chi connectivity index (χ1) is 11.8. The lowest BCUT2D eigenvalue weighted by atomic mass is 10.0. The Kier molecular flexibility index (Phi) is 20.3. The van der Waals surface area contributed by atoms with Gasteiger partial charge in [0.15, 0.2) is 0 Å². The zero-order chi connectivity index (χ0) is 17.7. The molecule has 0 rings (SSSR count). The van der Waals surface area contributed by atoms with Crippen molar-refractivity contribution in [1.29, 1.82) is 0 Å². The lowest BCUT2D eigenvalue weighted by Crippen LogP contribution is -2.34. The predicted octanol–water partition coefficient (Wildman–Crippen LogP) is 5.40. The third-order valence-corrected chi connectivity index (χ3v) is 4.80. The van der Waals surface area contributed by atoms with Gasteiger partial charge in [-0.25, -0.2) is 0 Å². The molecule has 1 atom stereocenters. The number of carbonyl (C=O) groups is 1. The van der Waals surface area contributed by atoms with Crippen LogP contribution in [0.2, 0.25) is 0 Å². The lowest BCUT2D eigenvalue weighted by molar-refractivity contribution is -0.110. The first-order valence-electron chi connectivity index (χ1n) is 10.6. The molecule has 3 nitrogen and oxygen atoms in total. The smallest absolute Gasteiger partial charge is 0.139 e. The van der Waals surface area contributed by atoms with Crippen LogP contribution < -0.4 is 5.32 Å². The summed E-state index contributed by atoms with van der Waals surface area (Å²) in [6.07, 6.45) is 22.8. The van der Waals surface area contributed by atoms with E-state index in [1.807, 2.05) is 0 Å². The van der Waals surface area contributed by atoms with E-state index in [1.165, 1.54) is 96.3 Å². The molecule has 0 radical (unpaired) electrons. The van der Waals surface area contributed by atoms with Crippen LogP contribution in [0.3, 0.4) is 0 Å². The maximum atomic E-state index is 10.5. The maximum Gasteiger partial charge on any atom is 0.139 e. The molecule has 0 aliphatic heterocycles. The molecule has 0 aromatic carbocycles. The highest BCUT2D eigenvalue weighted by molar-refractivity contribution is 5.57. The van der Waals surface area contributed by atoms with Gasteiger partial charge in [-0.1, -0.05) is 103 Å².